The molecular formula is C21H24N4O. The molecule has 5 heteroatoms. The Hall–Kier alpha value is -3.08. The molecule has 0 radical (unpaired) electrons. The molecule has 1 N–H and O–H groups in total. The van der Waals surface area contributed by atoms with Gasteiger partial charge in [-0.2, -0.15) is 0 Å². The van der Waals surface area contributed by atoms with Crippen molar-refractivity contribution in [1.82, 2.24) is 9.97 Å². The fourth-order valence-corrected chi connectivity index (χ4v) is 2.80. The van der Waals surface area contributed by atoms with E-state index in [-0.39, 0.29) is 0 Å². The first kappa shape index (κ1) is 17.7. The molecule has 0 bridgehead atoms. The van der Waals surface area contributed by atoms with Crippen LogP contribution < -0.4 is 15.0 Å². The Morgan fingerprint density at radius 2 is 1.85 bits per heavy atom. The zero-order chi connectivity index (χ0) is 18.4. The van der Waals surface area contributed by atoms with Gasteiger partial charge in [0.2, 0.25) is 0 Å². The number of ether oxygens (including phenoxy) is 1. The molecule has 0 spiro atoms. The maximum Gasteiger partial charge on any atom is 0.142 e. The Labute approximate surface area is 154 Å². The average molecular weight is 348 g/mol. The molecule has 0 aliphatic rings. The highest BCUT2D eigenvalue weighted by Crippen LogP contribution is 2.28. The molecule has 1 heterocycles. The summed E-state index contributed by atoms with van der Waals surface area (Å²) in [6.45, 7) is 5.84. The number of anilines is 3. The van der Waals surface area contributed by atoms with Crippen LogP contribution in [0.1, 0.15) is 18.1 Å². The second-order valence-corrected chi connectivity index (χ2v) is 6.09. The molecule has 1 aromatic heterocycles. The number of hydrogen-bond donors (Lipinski definition) is 1. The monoisotopic (exact) mass is 348 g/mol. The first-order valence-electron chi connectivity index (χ1n) is 8.72. The number of hydrogen-bond acceptors (Lipinski definition) is 5. The SMILES string of the molecule is CCN(Cc1ccccc1)c1cc(Nc2cc(C)ccc2OC)ncn1. The van der Waals surface area contributed by atoms with Crippen LogP contribution in [0.15, 0.2) is 60.9 Å². The molecule has 0 saturated heterocycles. The summed E-state index contributed by atoms with van der Waals surface area (Å²) in [7, 11) is 1.67. The standard InChI is InChI=1S/C21H24N4O/c1-4-25(14-17-8-6-5-7-9-17)21-13-20(22-15-23-21)24-18-12-16(2)10-11-19(18)26-3/h5-13,15H,4,14H2,1-3H3,(H,22,23,24). The van der Waals surface area contributed by atoms with Crippen LogP contribution in [0.25, 0.3) is 0 Å². The molecule has 3 rings (SSSR count). The first-order valence-corrected chi connectivity index (χ1v) is 8.72. The van der Waals surface area contributed by atoms with Gasteiger partial charge in [-0.05, 0) is 37.1 Å². The number of aryl methyl sites for hydroxylation is 1. The van der Waals surface area contributed by atoms with Crippen LogP contribution in [0.2, 0.25) is 0 Å². The summed E-state index contributed by atoms with van der Waals surface area (Å²) in [4.78, 5) is 11.0. The van der Waals surface area contributed by atoms with Gasteiger partial charge in [-0.3, -0.25) is 0 Å². The summed E-state index contributed by atoms with van der Waals surface area (Å²) >= 11 is 0. The number of rotatable bonds is 7. The summed E-state index contributed by atoms with van der Waals surface area (Å²) in [5, 5.41) is 3.34. The number of aromatic nitrogens is 2. The van der Waals surface area contributed by atoms with Crippen molar-refractivity contribution >= 4 is 17.3 Å². The third-order valence-corrected chi connectivity index (χ3v) is 4.19. The largest absolute Gasteiger partial charge is 0.495 e. The first-order chi connectivity index (χ1) is 12.7. The Morgan fingerprint density at radius 1 is 1.04 bits per heavy atom. The van der Waals surface area contributed by atoms with Crippen LogP contribution >= 0.6 is 0 Å². The number of nitrogens with zero attached hydrogens (tertiary/aromatic N) is 3. The van der Waals surface area contributed by atoms with Gasteiger partial charge in [0.25, 0.3) is 0 Å². The lowest BCUT2D eigenvalue weighted by atomic mass is 10.2. The quantitative estimate of drug-likeness (QED) is 0.678. The van der Waals surface area contributed by atoms with E-state index in [1.54, 1.807) is 13.4 Å². The molecule has 2 aromatic carbocycles. The molecule has 3 aromatic rings. The van der Waals surface area contributed by atoms with Crippen molar-refractivity contribution in [3.8, 4) is 5.75 Å². The summed E-state index contributed by atoms with van der Waals surface area (Å²) in [6.07, 6.45) is 1.59. The van der Waals surface area contributed by atoms with Gasteiger partial charge in [0.15, 0.2) is 0 Å². The van der Waals surface area contributed by atoms with E-state index in [1.165, 1.54) is 5.56 Å². The van der Waals surface area contributed by atoms with Crippen LogP contribution in [-0.4, -0.2) is 23.6 Å². The minimum atomic E-state index is 0.741. The molecule has 0 unspecified atom stereocenters. The van der Waals surface area contributed by atoms with Gasteiger partial charge in [-0.1, -0.05) is 36.4 Å². The molecule has 0 amide bonds. The highest BCUT2D eigenvalue weighted by Gasteiger charge is 2.10. The van der Waals surface area contributed by atoms with Gasteiger partial charge < -0.3 is 15.0 Å². The maximum absolute atomic E-state index is 5.43. The van der Waals surface area contributed by atoms with E-state index in [9.17, 15) is 0 Å². The van der Waals surface area contributed by atoms with E-state index in [2.05, 4.69) is 58.3 Å². The summed E-state index contributed by atoms with van der Waals surface area (Å²) < 4.78 is 5.43. The highest BCUT2D eigenvalue weighted by atomic mass is 16.5. The molecule has 0 fully saturated rings. The molecule has 26 heavy (non-hydrogen) atoms. The van der Waals surface area contributed by atoms with Gasteiger partial charge in [-0.15, -0.1) is 0 Å². The fraction of sp³-hybridized carbons (Fsp3) is 0.238. The van der Waals surface area contributed by atoms with Crippen LogP contribution in [0.3, 0.4) is 0 Å². The molecule has 0 saturated carbocycles. The van der Waals surface area contributed by atoms with E-state index in [4.69, 9.17) is 4.74 Å². The summed E-state index contributed by atoms with van der Waals surface area (Å²) in [5.74, 6) is 2.42. The average Bonchev–Trinajstić information content (AvgIpc) is 2.67. The smallest absolute Gasteiger partial charge is 0.142 e. The van der Waals surface area contributed by atoms with Gasteiger partial charge in [0, 0.05) is 19.2 Å². The maximum atomic E-state index is 5.43. The van der Waals surface area contributed by atoms with Crippen molar-refractivity contribution in [2.24, 2.45) is 0 Å². The molecule has 0 atom stereocenters. The van der Waals surface area contributed by atoms with Crippen LogP contribution in [0.4, 0.5) is 17.3 Å². The summed E-state index contributed by atoms with van der Waals surface area (Å²) in [6, 6.07) is 18.4. The molecule has 0 aliphatic carbocycles. The van der Waals surface area contributed by atoms with E-state index < -0.39 is 0 Å². The Balaban J connectivity index is 1.82. The van der Waals surface area contributed by atoms with Crippen molar-refractivity contribution in [3.63, 3.8) is 0 Å². The normalized spacial score (nSPS) is 10.4. The van der Waals surface area contributed by atoms with E-state index >= 15 is 0 Å². The predicted octanol–water partition coefficient (Wildman–Crippen LogP) is 4.56. The Bertz CT molecular complexity index is 852. The fourth-order valence-electron chi connectivity index (χ4n) is 2.80. The van der Waals surface area contributed by atoms with Crippen molar-refractivity contribution in [3.05, 3.63) is 72.1 Å². The second kappa shape index (κ2) is 8.34. The van der Waals surface area contributed by atoms with Crippen LogP contribution in [-0.2, 0) is 6.54 Å². The minimum Gasteiger partial charge on any atom is -0.495 e. The topological polar surface area (TPSA) is 50.3 Å². The third kappa shape index (κ3) is 4.30. The molecule has 5 nitrogen and oxygen atoms in total. The van der Waals surface area contributed by atoms with Gasteiger partial charge in [-0.25, -0.2) is 9.97 Å². The van der Waals surface area contributed by atoms with Gasteiger partial charge >= 0.3 is 0 Å². The van der Waals surface area contributed by atoms with Crippen molar-refractivity contribution in [2.45, 2.75) is 20.4 Å². The third-order valence-electron chi connectivity index (χ3n) is 4.19. The van der Waals surface area contributed by atoms with Crippen molar-refractivity contribution in [1.29, 1.82) is 0 Å². The zero-order valence-corrected chi connectivity index (χ0v) is 15.4. The van der Waals surface area contributed by atoms with E-state index in [1.807, 2.05) is 30.3 Å². The molecule has 134 valence electrons. The van der Waals surface area contributed by atoms with Crippen molar-refractivity contribution in [2.75, 3.05) is 23.9 Å². The number of methoxy groups -OCH3 is 1. The van der Waals surface area contributed by atoms with Crippen LogP contribution in [0, 0.1) is 6.92 Å². The van der Waals surface area contributed by atoms with Gasteiger partial charge in [0.05, 0.1) is 12.8 Å². The zero-order valence-electron chi connectivity index (χ0n) is 15.4. The Kier molecular flexibility index (Phi) is 5.69. The van der Waals surface area contributed by atoms with Crippen molar-refractivity contribution < 1.29 is 4.74 Å². The van der Waals surface area contributed by atoms with Crippen LogP contribution in [0.5, 0.6) is 5.75 Å². The highest BCUT2D eigenvalue weighted by molar-refractivity contribution is 5.66. The number of benzene rings is 2. The molecular weight excluding hydrogens is 324 g/mol. The summed E-state index contributed by atoms with van der Waals surface area (Å²) in [5.41, 5.74) is 3.30. The lowest BCUT2D eigenvalue weighted by Gasteiger charge is -2.22. The minimum absolute atomic E-state index is 0.741. The predicted molar refractivity (Wildman–Crippen MR) is 106 cm³/mol. The van der Waals surface area contributed by atoms with E-state index in [0.29, 0.717) is 0 Å². The lowest BCUT2D eigenvalue weighted by Crippen LogP contribution is -2.23. The van der Waals surface area contributed by atoms with Gasteiger partial charge in [0.1, 0.15) is 23.7 Å². The second-order valence-electron chi connectivity index (χ2n) is 6.09. The Morgan fingerprint density at radius 3 is 2.58 bits per heavy atom. The number of nitrogens with one attached hydrogen (secondary N) is 1. The van der Waals surface area contributed by atoms with E-state index in [0.717, 1.165) is 41.7 Å². The molecule has 0 aliphatic heterocycles. The lowest BCUT2D eigenvalue weighted by molar-refractivity contribution is 0.416.